The van der Waals surface area contributed by atoms with Crippen LogP contribution >= 0.6 is 0 Å². The van der Waals surface area contributed by atoms with E-state index in [1.807, 2.05) is 26.0 Å². The van der Waals surface area contributed by atoms with Gasteiger partial charge in [-0.25, -0.2) is 0 Å². The third kappa shape index (κ3) is 2.54. The highest BCUT2D eigenvalue weighted by molar-refractivity contribution is 5.87. The Bertz CT molecular complexity index is 397. The summed E-state index contributed by atoms with van der Waals surface area (Å²) in [6.45, 7) is 4.00. The Morgan fingerprint density at radius 3 is 2.24 bits per heavy atom. The van der Waals surface area contributed by atoms with E-state index < -0.39 is 5.41 Å². The van der Waals surface area contributed by atoms with E-state index in [0.29, 0.717) is 12.0 Å². The van der Waals surface area contributed by atoms with Crippen molar-refractivity contribution in [1.82, 2.24) is 0 Å². The summed E-state index contributed by atoms with van der Waals surface area (Å²) in [6, 6.07) is 7.11. The number of amides is 1. The van der Waals surface area contributed by atoms with Crippen LogP contribution in [0.15, 0.2) is 24.3 Å². The van der Waals surface area contributed by atoms with Crippen molar-refractivity contribution in [3.05, 3.63) is 35.4 Å². The van der Waals surface area contributed by atoms with Gasteiger partial charge < -0.3 is 5.73 Å². The van der Waals surface area contributed by atoms with Crippen LogP contribution in [0.5, 0.6) is 0 Å². The van der Waals surface area contributed by atoms with Gasteiger partial charge in [-0.3, -0.25) is 9.59 Å². The van der Waals surface area contributed by atoms with Crippen molar-refractivity contribution < 1.29 is 9.59 Å². The van der Waals surface area contributed by atoms with Crippen LogP contribution in [0.4, 0.5) is 0 Å². The van der Waals surface area contributed by atoms with E-state index in [1.165, 1.54) is 0 Å². The highest BCUT2D eigenvalue weighted by Gasteiger charge is 2.35. The molecule has 0 saturated heterocycles. The number of carbonyl (C=O) groups excluding carboxylic acids is 2. The molecule has 1 aromatic rings. The first-order valence-corrected chi connectivity index (χ1v) is 5.96. The Kier molecular flexibility index (Phi) is 4.44. The Hall–Kier alpha value is -1.64. The van der Waals surface area contributed by atoms with E-state index in [9.17, 15) is 9.59 Å². The molecule has 92 valence electrons. The first-order valence-electron chi connectivity index (χ1n) is 5.96. The summed E-state index contributed by atoms with van der Waals surface area (Å²) in [5.41, 5.74) is 6.47. The molecule has 2 N–H and O–H groups in total. The van der Waals surface area contributed by atoms with Crippen molar-refractivity contribution in [2.75, 3.05) is 0 Å². The molecule has 3 heteroatoms. The monoisotopic (exact) mass is 233 g/mol. The molecule has 0 aromatic heterocycles. The zero-order chi connectivity index (χ0) is 12.9. The average molecular weight is 233 g/mol. The summed E-state index contributed by atoms with van der Waals surface area (Å²) >= 11 is 0. The summed E-state index contributed by atoms with van der Waals surface area (Å²) in [5, 5.41) is 0. The molecule has 0 aliphatic carbocycles. The van der Waals surface area contributed by atoms with Gasteiger partial charge in [0.05, 0.1) is 5.41 Å². The van der Waals surface area contributed by atoms with Crippen molar-refractivity contribution in [2.45, 2.75) is 38.5 Å². The van der Waals surface area contributed by atoms with Crippen LogP contribution in [0.3, 0.4) is 0 Å². The maximum atomic E-state index is 11.8. The summed E-state index contributed by atoms with van der Waals surface area (Å²) < 4.78 is 0. The number of nitrogens with two attached hydrogens (primary N) is 1. The van der Waals surface area contributed by atoms with Crippen LogP contribution in [0, 0.1) is 0 Å². The van der Waals surface area contributed by atoms with Crippen molar-refractivity contribution in [2.24, 2.45) is 5.73 Å². The molecule has 1 atom stereocenters. The molecule has 0 aliphatic heterocycles. The molecular formula is C14H19NO2. The maximum Gasteiger partial charge on any atom is 0.228 e. The van der Waals surface area contributed by atoms with Gasteiger partial charge in [0.15, 0.2) is 0 Å². The number of carbonyl (C=O) groups is 2. The van der Waals surface area contributed by atoms with Gasteiger partial charge >= 0.3 is 0 Å². The second-order valence-corrected chi connectivity index (χ2v) is 4.29. The quantitative estimate of drug-likeness (QED) is 0.767. The molecule has 0 bridgehead atoms. The fourth-order valence-corrected chi connectivity index (χ4v) is 2.27. The van der Waals surface area contributed by atoms with Crippen molar-refractivity contribution in [3.8, 4) is 0 Å². The van der Waals surface area contributed by atoms with Crippen LogP contribution in [0.2, 0.25) is 0 Å². The van der Waals surface area contributed by atoms with Gasteiger partial charge in [-0.05, 0) is 18.4 Å². The third-order valence-corrected chi connectivity index (χ3v) is 3.35. The SMILES string of the molecule is CCCC(CC)(C(N)=O)c1ccc(C=O)cc1. The minimum absolute atomic E-state index is 0.291. The zero-order valence-corrected chi connectivity index (χ0v) is 10.4. The number of benzene rings is 1. The fourth-order valence-electron chi connectivity index (χ4n) is 2.27. The molecule has 1 amide bonds. The molecule has 3 nitrogen and oxygen atoms in total. The molecule has 1 aromatic carbocycles. The van der Waals surface area contributed by atoms with E-state index >= 15 is 0 Å². The summed E-state index contributed by atoms with van der Waals surface area (Å²) in [7, 11) is 0. The first kappa shape index (κ1) is 13.4. The predicted octanol–water partition coefficient (Wildman–Crippen LogP) is 2.43. The van der Waals surface area contributed by atoms with Gasteiger partial charge in [-0.1, -0.05) is 44.5 Å². The molecular weight excluding hydrogens is 214 g/mol. The Morgan fingerprint density at radius 2 is 1.88 bits per heavy atom. The van der Waals surface area contributed by atoms with E-state index in [0.717, 1.165) is 24.7 Å². The van der Waals surface area contributed by atoms with Crippen molar-refractivity contribution in [1.29, 1.82) is 0 Å². The van der Waals surface area contributed by atoms with Gasteiger partial charge in [0.25, 0.3) is 0 Å². The number of aldehydes is 1. The van der Waals surface area contributed by atoms with Crippen LogP contribution in [0.25, 0.3) is 0 Å². The molecule has 1 unspecified atom stereocenters. The second kappa shape index (κ2) is 5.62. The lowest BCUT2D eigenvalue weighted by molar-refractivity contribution is -0.124. The summed E-state index contributed by atoms with van der Waals surface area (Å²) in [4.78, 5) is 22.4. The normalized spacial score (nSPS) is 14.0. The largest absolute Gasteiger partial charge is 0.369 e. The average Bonchev–Trinajstić information content (AvgIpc) is 2.36. The van der Waals surface area contributed by atoms with Crippen LogP contribution < -0.4 is 5.73 Å². The van der Waals surface area contributed by atoms with Gasteiger partial charge in [0, 0.05) is 5.56 Å². The van der Waals surface area contributed by atoms with Gasteiger partial charge in [0.2, 0.25) is 5.91 Å². The molecule has 0 fully saturated rings. The minimum atomic E-state index is -0.601. The second-order valence-electron chi connectivity index (χ2n) is 4.29. The smallest absolute Gasteiger partial charge is 0.228 e. The Morgan fingerprint density at radius 1 is 1.29 bits per heavy atom. The Labute approximate surface area is 102 Å². The van der Waals surface area contributed by atoms with Crippen LogP contribution in [-0.2, 0) is 10.2 Å². The van der Waals surface area contributed by atoms with Gasteiger partial charge in [-0.15, -0.1) is 0 Å². The van der Waals surface area contributed by atoms with Crippen molar-refractivity contribution >= 4 is 12.2 Å². The lowest BCUT2D eigenvalue weighted by Gasteiger charge is -2.29. The topological polar surface area (TPSA) is 60.2 Å². The lowest BCUT2D eigenvalue weighted by Crippen LogP contribution is -2.40. The van der Waals surface area contributed by atoms with Crippen LogP contribution in [-0.4, -0.2) is 12.2 Å². The number of hydrogen-bond acceptors (Lipinski definition) is 2. The standard InChI is InChI=1S/C14H19NO2/c1-3-9-14(4-2,13(15)17)12-7-5-11(10-16)6-8-12/h5-8,10H,3-4,9H2,1-2H3,(H2,15,17). The number of rotatable bonds is 6. The molecule has 0 heterocycles. The highest BCUT2D eigenvalue weighted by Crippen LogP contribution is 2.32. The van der Waals surface area contributed by atoms with Crippen LogP contribution in [0.1, 0.15) is 49.0 Å². The van der Waals surface area contributed by atoms with E-state index in [-0.39, 0.29) is 5.91 Å². The predicted molar refractivity (Wildman–Crippen MR) is 67.9 cm³/mol. The summed E-state index contributed by atoms with van der Waals surface area (Å²) in [5.74, 6) is -0.291. The number of hydrogen-bond donors (Lipinski definition) is 1. The molecule has 0 radical (unpaired) electrons. The Balaban J connectivity index is 3.20. The minimum Gasteiger partial charge on any atom is -0.369 e. The zero-order valence-electron chi connectivity index (χ0n) is 10.4. The first-order chi connectivity index (χ1) is 8.10. The molecule has 0 saturated carbocycles. The highest BCUT2D eigenvalue weighted by atomic mass is 16.1. The fraction of sp³-hybridized carbons (Fsp3) is 0.429. The molecule has 1 rings (SSSR count). The maximum absolute atomic E-state index is 11.8. The number of primary amides is 1. The van der Waals surface area contributed by atoms with Gasteiger partial charge in [-0.2, -0.15) is 0 Å². The lowest BCUT2D eigenvalue weighted by atomic mass is 9.74. The van der Waals surface area contributed by atoms with Crippen molar-refractivity contribution in [3.63, 3.8) is 0 Å². The van der Waals surface area contributed by atoms with E-state index in [2.05, 4.69) is 0 Å². The molecule has 0 aliphatic rings. The molecule has 17 heavy (non-hydrogen) atoms. The van der Waals surface area contributed by atoms with E-state index in [1.54, 1.807) is 12.1 Å². The van der Waals surface area contributed by atoms with E-state index in [4.69, 9.17) is 5.73 Å². The van der Waals surface area contributed by atoms with Gasteiger partial charge in [0.1, 0.15) is 6.29 Å². The third-order valence-electron chi connectivity index (χ3n) is 3.35. The molecule has 0 spiro atoms. The summed E-state index contributed by atoms with van der Waals surface area (Å²) in [6.07, 6.45) is 3.10.